The number of benzene rings is 1. The maximum Gasteiger partial charge on any atom is 0.354 e. The third-order valence-corrected chi connectivity index (χ3v) is 4.02. The van der Waals surface area contributed by atoms with E-state index in [0.717, 1.165) is 40.8 Å². The van der Waals surface area contributed by atoms with Crippen molar-refractivity contribution in [2.75, 3.05) is 0 Å². The predicted octanol–water partition coefficient (Wildman–Crippen LogP) is 3.66. The van der Waals surface area contributed by atoms with Crippen molar-refractivity contribution in [1.29, 1.82) is 0 Å². The summed E-state index contributed by atoms with van der Waals surface area (Å²) in [4.78, 5) is 15.7. The van der Waals surface area contributed by atoms with Gasteiger partial charge >= 0.3 is 5.97 Å². The van der Waals surface area contributed by atoms with Crippen molar-refractivity contribution < 1.29 is 9.90 Å². The van der Waals surface area contributed by atoms with Crippen molar-refractivity contribution in [2.24, 2.45) is 0 Å². The lowest BCUT2D eigenvalue weighted by molar-refractivity contribution is 0.0690. The van der Waals surface area contributed by atoms with Crippen molar-refractivity contribution in [2.45, 2.75) is 33.6 Å². The smallest absolute Gasteiger partial charge is 0.354 e. The van der Waals surface area contributed by atoms with Crippen molar-refractivity contribution in [1.82, 2.24) is 14.6 Å². The minimum atomic E-state index is -1.02. The van der Waals surface area contributed by atoms with Gasteiger partial charge in [0.05, 0.1) is 6.20 Å². The van der Waals surface area contributed by atoms with E-state index in [4.69, 9.17) is 0 Å². The molecule has 1 N–H and O–H groups in total. The van der Waals surface area contributed by atoms with Crippen LogP contribution in [0.4, 0.5) is 0 Å². The van der Waals surface area contributed by atoms with E-state index in [-0.39, 0.29) is 5.69 Å². The fourth-order valence-electron chi connectivity index (χ4n) is 2.98. The number of hydrogen-bond acceptors (Lipinski definition) is 3. The number of rotatable bonds is 4. The molecule has 23 heavy (non-hydrogen) atoms. The minimum absolute atomic E-state index is 0.0638. The zero-order chi connectivity index (χ0) is 16.6. The van der Waals surface area contributed by atoms with E-state index < -0.39 is 5.97 Å². The van der Waals surface area contributed by atoms with Crippen LogP contribution >= 0.6 is 0 Å². The van der Waals surface area contributed by atoms with Crippen molar-refractivity contribution in [3.05, 3.63) is 53.0 Å². The zero-order valence-corrected chi connectivity index (χ0v) is 13.5. The van der Waals surface area contributed by atoms with E-state index in [1.54, 1.807) is 16.8 Å². The summed E-state index contributed by atoms with van der Waals surface area (Å²) in [5, 5.41) is 13.8. The normalized spacial score (nSPS) is 11.1. The highest BCUT2D eigenvalue weighted by Gasteiger charge is 2.17. The summed E-state index contributed by atoms with van der Waals surface area (Å²) in [5.74, 6) is -1.02. The Kier molecular flexibility index (Phi) is 3.86. The van der Waals surface area contributed by atoms with E-state index >= 15 is 0 Å². The molecular formula is C18H19N3O2. The lowest BCUT2D eigenvalue weighted by Gasteiger charge is -2.09. The summed E-state index contributed by atoms with van der Waals surface area (Å²) in [6, 6.07) is 7.71. The number of hydrogen-bond donors (Lipinski definition) is 1. The largest absolute Gasteiger partial charge is 0.477 e. The number of fused-ring (bicyclic) bond motifs is 1. The second kappa shape index (κ2) is 5.83. The van der Waals surface area contributed by atoms with Gasteiger partial charge in [-0.25, -0.2) is 14.3 Å². The Morgan fingerprint density at radius 2 is 1.96 bits per heavy atom. The number of nitrogens with zero attached hydrogens (tertiary/aromatic N) is 3. The third-order valence-electron chi connectivity index (χ3n) is 4.02. The van der Waals surface area contributed by atoms with Gasteiger partial charge in [-0.3, -0.25) is 0 Å². The predicted molar refractivity (Wildman–Crippen MR) is 88.9 cm³/mol. The summed E-state index contributed by atoms with van der Waals surface area (Å²) < 4.78 is 1.76. The van der Waals surface area contributed by atoms with Crippen LogP contribution in [-0.2, 0) is 6.42 Å². The molecule has 118 valence electrons. The molecule has 5 nitrogen and oxygen atoms in total. The average molecular weight is 309 g/mol. The molecule has 0 fully saturated rings. The van der Waals surface area contributed by atoms with E-state index in [0.29, 0.717) is 5.65 Å². The molecule has 0 atom stereocenters. The summed E-state index contributed by atoms with van der Waals surface area (Å²) in [7, 11) is 0. The summed E-state index contributed by atoms with van der Waals surface area (Å²) in [5.41, 5.74) is 5.73. The monoisotopic (exact) mass is 309 g/mol. The molecule has 0 bridgehead atoms. The molecule has 2 heterocycles. The van der Waals surface area contributed by atoms with E-state index in [9.17, 15) is 9.90 Å². The van der Waals surface area contributed by atoms with Gasteiger partial charge < -0.3 is 5.11 Å². The molecule has 3 aromatic rings. The van der Waals surface area contributed by atoms with Crippen LogP contribution in [0.25, 0.3) is 16.8 Å². The van der Waals surface area contributed by atoms with E-state index in [2.05, 4.69) is 17.0 Å². The van der Waals surface area contributed by atoms with Crippen LogP contribution in [0.2, 0.25) is 0 Å². The minimum Gasteiger partial charge on any atom is -0.477 e. The Morgan fingerprint density at radius 3 is 2.57 bits per heavy atom. The highest BCUT2D eigenvalue weighted by Crippen LogP contribution is 2.30. The second-order valence-electron chi connectivity index (χ2n) is 5.75. The van der Waals surface area contributed by atoms with Gasteiger partial charge in [-0.1, -0.05) is 31.5 Å². The van der Waals surface area contributed by atoms with Crippen LogP contribution in [-0.4, -0.2) is 25.7 Å². The molecular weight excluding hydrogens is 290 g/mol. The number of carboxylic acids is 1. The van der Waals surface area contributed by atoms with Gasteiger partial charge in [0.25, 0.3) is 0 Å². The fourth-order valence-corrected chi connectivity index (χ4v) is 2.98. The van der Waals surface area contributed by atoms with Crippen LogP contribution in [0.5, 0.6) is 0 Å². The molecule has 1 aromatic carbocycles. The fraction of sp³-hybridized carbons (Fsp3) is 0.278. The van der Waals surface area contributed by atoms with E-state index in [1.807, 2.05) is 32.0 Å². The maximum absolute atomic E-state index is 11.4. The Labute approximate surface area is 134 Å². The van der Waals surface area contributed by atoms with Crippen LogP contribution in [0.1, 0.15) is 40.7 Å². The summed E-state index contributed by atoms with van der Waals surface area (Å²) in [6.45, 7) is 6.14. The molecule has 2 aromatic heterocycles. The molecule has 0 spiro atoms. The van der Waals surface area contributed by atoms with Crippen molar-refractivity contribution in [3.8, 4) is 11.1 Å². The molecule has 0 aliphatic heterocycles. The quantitative estimate of drug-likeness (QED) is 0.798. The molecule has 0 aliphatic rings. The molecule has 0 saturated heterocycles. The van der Waals surface area contributed by atoms with Gasteiger partial charge in [-0.2, -0.15) is 5.10 Å². The molecule has 0 unspecified atom stereocenters. The van der Waals surface area contributed by atoms with Crippen molar-refractivity contribution in [3.63, 3.8) is 0 Å². The van der Waals surface area contributed by atoms with Gasteiger partial charge in [0.1, 0.15) is 0 Å². The first-order valence-corrected chi connectivity index (χ1v) is 7.70. The Morgan fingerprint density at radius 1 is 1.26 bits per heavy atom. The highest BCUT2D eigenvalue weighted by atomic mass is 16.4. The van der Waals surface area contributed by atoms with Crippen LogP contribution < -0.4 is 0 Å². The first kappa shape index (κ1) is 15.2. The standard InChI is InChI=1S/C18H19N3O2/c1-4-6-13-9-15(18(22)23)20-17-14(10-19-21(13)17)16-11(2)7-5-8-12(16)3/h5,7-10H,4,6H2,1-3H3,(H,22,23). The van der Waals surface area contributed by atoms with Crippen LogP contribution in [0.15, 0.2) is 30.5 Å². The van der Waals surface area contributed by atoms with Gasteiger partial charge in [-0.05, 0) is 43.0 Å². The number of aryl methyl sites for hydroxylation is 3. The number of aromatic carboxylic acids is 1. The molecule has 0 amide bonds. The first-order valence-electron chi connectivity index (χ1n) is 7.70. The maximum atomic E-state index is 11.4. The third kappa shape index (κ3) is 2.59. The average Bonchev–Trinajstić information content (AvgIpc) is 2.91. The lowest BCUT2D eigenvalue weighted by Crippen LogP contribution is -2.08. The van der Waals surface area contributed by atoms with Gasteiger partial charge in [0.2, 0.25) is 0 Å². The highest BCUT2D eigenvalue weighted by molar-refractivity contribution is 5.88. The van der Waals surface area contributed by atoms with Crippen molar-refractivity contribution >= 4 is 11.6 Å². The zero-order valence-electron chi connectivity index (χ0n) is 13.5. The van der Waals surface area contributed by atoms with E-state index in [1.165, 1.54) is 0 Å². The Bertz CT molecular complexity index is 876. The molecule has 5 heteroatoms. The van der Waals surface area contributed by atoms with Gasteiger partial charge in [0, 0.05) is 11.3 Å². The summed E-state index contributed by atoms with van der Waals surface area (Å²) in [6.07, 6.45) is 3.45. The molecule has 3 rings (SSSR count). The summed E-state index contributed by atoms with van der Waals surface area (Å²) >= 11 is 0. The lowest BCUT2D eigenvalue weighted by atomic mass is 9.98. The molecule has 0 aliphatic carbocycles. The van der Waals surface area contributed by atoms with Gasteiger partial charge in [-0.15, -0.1) is 0 Å². The molecule has 0 saturated carbocycles. The Balaban J connectivity index is 2.33. The molecule has 0 radical (unpaired) electrons. The first-order chi connectivity index (χ1) is 11.0. The van der Waals surface area contributed by atoms with Crippen LogP contribution in [0.3, 0.4) is 0 Å². The van der Waals surface area contributed by atoms with Crippen LogP contribution in [0, 0.1) is 13.8 Å². The second-order valence-corrected chi connectivity index (χ2v) is 5.75. The SMILES string of the molecule is CCCc1cc(C(=O)O)nc2c(-c3c(C)cccc3C)cnn12. The number of carbonyl (C=O) groups is 1. The number of carboxylic acid groups (broad SMARTS) is 1. The number of aromatic nitrogens is 3. The van der Waals surface area contributed by atoms with Gasteiger partial charge in [0.15, 0.2) is 11.3 Å². The Hall–Kier alpha value is -2.69. The topological polar surface area (TPSA) is 67.5 Å².